The monoisotopic (exact) mass is 228 g/mol. The van der Waals surface area contributed by atoms with E-state index in [4.69, 9.17) is 0 Å². The van der Waals surface area contributed by atoms with E-state index < -0.39 is 6.04 Å². The average Bonchev–Trinajstić information content (AvgIpc) is 2.36. The highest BCUT2D eigenvalue weighted by molar-refractivity contribution is 5.86. The number of hydrogen-bond acceptors (Lipinski definition) is 3. The number of hydrogen-bond donors (Lipinski definition) is 2. The Morgan fingerprint density at radius 2 is 1.94 bits per heavy atom. The Labute approximate surface area is 96.0 Å². The summed E-state index contributed by atoms with van der Waals surface area (Å²) in [6.45, 7) is 4.82. The fourth-order valence-corrected chi connectivity index (χ4v) is 1.67. The maximum Gasteiger partial charge on any atom is 0.317 e. The molecule has 1 saturated heterocycles. The Kier molecular flexibility index (Phi) is 4.54. The number of amides is 3. The minimum Gasteiger partial charge on any atom is -0.341 e. The van der Waals surface area contributed by atoms with Crippen molar-refractivity contribution in [3.05, 3.63) is 0 Å². The number of likely N-dealkylation sites (N-methyl/N-ethyl adjacent to an activating group) is 1. The zero-order chi connectivity index (χ0) is 12.1. The fraction of sp³-hybridized carbons (Fsp3) is 0.800. The number of rotatable bonds is 2. The lowest BCUT2D eigenvalue weighted by Gasteiger charge is -2.32. The number of urea groups is 1. The third-order valence-electron chi connectivity index (χ3n) is 2.90. The van der Waals surface area contributed by atoms with Crippen LogP contribution in [0.2, 0.25) is 0 Å². The van der Waals surface area contributed by atoms with Gasteiger partial charge in [-0.05, 0) is 6.92 Å². The van der Waals surface area contributed by atoms with Crippen molar-refractivity contribution in [2.75, 3.05) is 40.3 Å². The molecule has 1 aliphatic rings. The molecule has 3 amide bonds. The molecule has 6 heteroatoms. The van der Waals surface area contributed by atoms with Gasteiger partial charge in [-0.25, -0.2) is 4.79 Å². The number of carbonyl (C=O) groups excluding carboxylic acids is 2. The van der Waals surface area contributed by atoms with Crippen molar-refractivity contribution in [3.63, 3.8) is 0 Å². The molecule has 1 atom stereocenters. The highest BCUT2D eigenvalue weighted by atomic mass is 16.2. The highest BCUT2D eigenvalue weighted by Crippen LogP contribution is 2.03. The quantitative estimate of drug-likeness (QED) is 0.642. The van der Waals surface area contributed by atoms with Gasteiger partial charge in [0.1, 0.15) is 6.04 Å². The second-order valence-electron chi connectivity index (χ2n) is 3.92. The first-order valence-corrected chi connectivity index (χ1v) is 5.52. The normalized spacial score (nSPS) is 17.8. The van der Waals surface area contributed by atoms with E-state index in [9.17, 15) is 9.59 Å². The van der Waals surface area contributed by atoms with E-state index in [2.05, 4.69) is 10.6 Å². The smallest absolute Gasteiger partial charge is 0.317 e. The Bertz CT molecular complexity index is 264. The van der Waals surface area contributed by atoms with Crippen LogP contribution in [0, 0.1) is 0 Å². The van der Waals surface area contributed by atoms with Gasteiger partial charge < -0.3 is 20.4 Å². The van der Waals surface area contributed by atoms with E-state index in [1.54, 1.807) is 25.9 Å². The second-order valence-corrected chi connectivity index (χ2v) is 3.92. The highest BCUT2D eigenvalue weighted by Gasteiger charge is 2.26. The maximum absolute atomic E-state index is 12.0. The SMILES string of the molecule is CNC(=O)N(C)C(C)C(=O)N1CCNCC1. The van der Waals surface area contributed by atoms with Crippen LogP contribution in [-0.2, 0) is 4.79 Å². The summed E-state index contributed by atoms with van der Waals surface area (Å²) in [6.07, 6.45) is 0. The lowest BCUT2D eigenvalue weighted by atomic mass is 10.2. The Hall–Kier alpha value is -1.30. The molecule has 0 aliphatic carbocycles. The Morgan fingerprint density at radius 3 is 2.44 bits per heavy atom. The molecule has 0 saturated carbocycles. The Balaban J connectivity index is 2.54. The molecule has 0 bridgehead atoms. The van der Waals surface area contributed by atoms with Crippen LogP contribution in [0.1, 0.15) is 6.92 Å². The summed E-state index contributed by atoms with van der Waals surface area (Å²) in [4.78, 5) is 26.6. The molecule has 0 aromatic rings. The number of piperazine rings is 1. The van der Waals surface area contributed by atoms with E-state index >= 15 is 0 Å². The maximum atomic E-state index is 12.0. The van der Waals surface area contributed by atoms with E-state index in [0.717, 1.165) is 13.1 Å². The zero-order valence-corrected chi connectivity index (χ0v) is 10.1. The van der Waals surface area contributed by atoms with Gasteiger partial charge in [0.15, 0.2) is 0 Å². The van der Waals surface area contributed by atoms with Gasteiger partial charge >= 0.3 is 6.03 Å². The summed E-state index contributed by atoms with van der Waals surface area (Å²) in [5, 5.41) is 5.69. The van der Waals surface area contributed by atoms with Crippen molar-refractivity contribution >= 4 is 11.9 Å². The van der Waals surface area contributed by atoms with Crippen LogP contribution in [0.4, 0.5) is 4.79 Å². The summed E-state index contributed by atoms with van der Waals surface area (Å²) in [5.41, 5.74) is 0. The van der Waals surface area contributed by atoms with Crippen molar-refractivity contribution in [3.8, 4) is 0 Å². The summed E-state index contributed by atoms with van der Waals surface area (Å²) >= 11 is 0. The van der Waals surface area contributed by atoms with Crippen LogP contribution >= 0.6 is 0 Å². The first kappa shape index (κ1) is 12.8. The minimum atomic E-state index is -0.418. The number of nitrogens with zero attached hydrogens (tertiary/aromatic N) is 2. The predicted molar refractivity (Wildman–Crippen MR) is 61.1 cm³/mol. The molecule has 0 spiro atoms. The van der Waals surface area contributed by atoms with Crippen molar-refractivity contribution in [1.82, 2.24) is 20.4 Å². The third kappa shape index (κ3) is 2.85. The molecule has 1 aliphatic heterocycles. The van der Waals surface area contributed by atoms with E-state index in [1.165, 1.54) is 4.90 Å². The van der Waals surface area contributed by atoms with Gasteiger partial charge in [0.2, 0.25) is 5.91 Å². The lowest BCUT2D eigenvalue weighted by Crippen LogP contribution is -2.54. The van der Waals surface area contributed by atoms with E-state index in [-0.39, 0.29) is 11.9 Å². The van der Waals surface area contributed by atoms with Crippen LogP contribution in [0.3, 0.4) is 0 Å². The molecule has 6 nitrogen and oxygen atoms in total. The molecule has 92 valence electrons. The second kappa shape index (κ2) is 5.69. The van der Waals surface area contributed by atoms with Crippen LogP contribution in [0.25, 0.3) is 0 Å². The molecule has 0 radical (unpaired) electrons. The molecule has 1 unspecified atom stereocenters. The van der Waals surface area contributed by atoms with Gasteiger partial charge in [-0.1, -0.05) is 0 Å². The average molecular weight is 228 g/mol. The van der Waals surface area contributed by atoms with E-state index in [1.807, 2.05) is 0 Å². The standard InChI is InChI=1S/C10H20N4O2/c1-8(13(3)10(16)11-2)9(15)14-6-4-12-5-7-14/h8,12H,4-7H2,1-3H3,(H,11,16). The molecule has 1 rings (SSSR count). The molecule has 1 fully saturated rings. The largest absolute Gasteiger partial charge is 0.341 e. The first-order chi connectivity index (χ1) is 7.57. The first-order valence-electron chi connectivity index (χ1n) is 5.52. The summed E-state index contributed by atoms with van der Waals surface area (Å²) in [5.74, 6) is 0.00704. The van der Waals surface area contributed by atoms with Gasteiger partial charge in [-0.3, -0.25) is 4.79 Å². The molecular formula is C10H20N4O2. The molecule has 0 aromatic carbocycles. The van der Waals surface area contributed by atoms with Gasteiger partial charge in [0, 0.05) is 40.3 Å². The van der Waals surface area contributed by atoms with Gasteiger partial charge in [-0.15, -0.1) is 0 Å². The predicted octanol–water partition coefficient (Wildman–Crippen LogP) is -0.922. The molecule has 2 N–H and O–H groups in total. The van der Waals surface area contributed by atoms with Crippen molar-refractivity contribution in [1.29, 1.82) is 0 Å². The molecule has 0 aromatic heterocycles. The summed E-state index contributed by atoms with van der Waals surface area (Å²) < 4.78 is 0. The van der Waals surface area contributed by atoms with E-state index in [0.29, 0.717) is 13.1 Å². The van der Waals surface area contributed by atoms with Crippen molar-refractivity contribution in [2.24, 2.45) is 0 Å². The van der Waals surface area contributed by atoms with Crippen molar-refractivity contribution < 1.29 is 9.59 Å². The number of nitrogens with one attached hydrogen (secondary N) is 2. The fourth-order valence-electron chi connectivity index (χ4n) is 1.67. The van der Waals surface area contributed by atoms with Gasteiger partial charge in [-0.2, -0.15) is 0 Å². The van der Waals surface area contributed by atoms with Gasteiger partial charge in [0.05, 0.1) is 0 Å². The van der Waals surface area contributed by atoms with Crippen molar-refractivity contribution in [2.45, 2.75) is 13.0 Å². The molecule has 1 heterocycles. The topological polar surface area (TPSA) is 64.7 Å². The zero-order valence-electron chi connectivity index (χ0n) is 10.1. The van der Waals surface area contributed by atoms with Crippen LogP contribution in [-0.4, -0.2) is 68.1 Å². The van der Waals surface area contributed by atoms with Crippen LogP contribution < -0.4 is 10.6 Å². The number of carbonyl (C=O) groups is 2. The van der Waals surface area contributed by atoms with Crippen LogP contribution in [0.5, 0.6) is 0 Å². The molecular weight excluding hydrogens is 208 g/mol. The Morgan fingerprint density at radius 1 is 1.38 bits per heavy atom. The summed E-state index contributed by atoms with van der Waals surface area (Å²) in [6, 6.07) is -0.658. The summed E-state index contributed by atoms with van der Waals surface area (Å²) in [7, 11) is 3.18. The van der Waals surface area contributed by atoms with Gasteiger partial charge in [0.25, 0.3) is 0 Å². The molecule has 16 heavy (non-hydrogen) atoms. The van der Waals surface area contributed by atoms with Crippen LogP contribution in [0.15, 0.2) is 0 Å². The minimum absolute atomic E-state index is 0.00704. The lowest BCUT2D eigenvalue weighted by molar-refractivity contribution is -0.135. The third-order valence-corrected chi connectivity index (χ3v) is 2.90.